The van der Waals surface area contributed by atoms with Crippen molar-refractivity contribution < 1.29 is 8.22 Å². The van der Waals surface area contributed by atoms with E-state index in [1.165, 1.54) is 104 Å². The zero-order chi connectivity index (χ0) is 55.0. The molecular weight excluding hydrogens is 869 g/mol. The van der Waals surface area contributed by atoms with Crippen LogP contribution < -0.4 is 0 Å². The van der Waals surface area contributed by atoms with Crippen molar-refractivity contribution in [3.8, 4) is 22.3 Å². The molecule has 0 aliphatic rings. The van der Waals surface area contributed by atoms with Gasteiger partial charge >= 0.3 is 0 Å². The predicted molar refractivity (Wildman–Crippen MR) is 315 cm³/mol. The largest absolute Gasteiger partial charge is 0.308 e. The topological polar surface area (TPSA) is 8.82 Å². The smallest absolute Gasteiger partial charge is 0.0627 e. The van der Waals surface area contributed by atoms with Gasteiger partial charge in [-0.25, -0.2) is 0 Å². The molecule has 0 aliphatic carbocycles. The Morgan fingerprint density at radius 1 is 0.319 bits per heavy atom. The second-order valence-electron chi connectivity index (χ2n) is 25.5. The molecule has 10 aromatic carbocycles. The maximum absolute atomic E-state index is 8.49. The summed E-state index contributed by atoms with van der Waals surface area (Å²) in [5.74, 6) is 0. The van der Waals surface area contributed by atoms with Crippen LogP contribution in [0.15, 0.2) is 133 Å². The summed E-state index contributed by atoms with van der Waals surface area (Å²) in [7, 11) is 0. The first-order chi connectivity index (χ1) is 36.5. The molecule has 72 heavy (non-hydrogen) atoms. The molecule has 0 fully saturated rings. The minimum absolute atomic E-state index is 0.0239. The Hall–Kier alpha value is -7.16. The summed E-state index contributed by atoms with van der Waals surface area (Å²) < 4.78 is 56.1. The quantitative estimate of drug-likeness (QED) is 0.153. The molecule has 2 heteroatoms. The Balaban J connectivity index is 1.16. The van der Waals surface area contributed by atoms with Gasteiger partial charge in [-0.15, -0.1) is 0 Å². The second kappa shape index (κ2) is 13.9. The molecule has 0 unspecified atom stereocenters. The highest BCUT2D eigenvalue weighted by atomic mass is 14.9. The summed E-state index contributed by atoms with van der Waals surface area (Å²) >= 11 is 0. The average Bonchev–Trinajstić information content (AvgIpc) is 2.44. The van der Waals surface area contributed by atoms with E-state index in [1.54, 1.807) is 18.2 Å². The van der Waals surface area contributed by atoms with E-state index >= 15 is 0 Å². The molecule has 0 bridgehead atoms. The standard InChI is InChI=1S/C70H64N2/c1-37-16-15-17-38(2)59(37)43-26-39-18-20-41-28-44(29-42-21-19-40(27-43)60(39)61(41)42)62-63-55-35-48(70(12,13)14)33-52-49-30-45(67(3,4)5)22-24-56(49)71(65(52)55)58(63)36-54-53-34-47(69(9,10)11)32-51-50-31-46(68(6,7)8)23-25-57(50)72(64(51)53)66(54)62/h15-36H,1-14H3/i1D3,2D3. The van der Waals surface area contributed by atoms with E-state index in [2.05, 4.69) is 195 Å². The van der Waals surface area contributed by atoms with Crippen molar-refractivity contribution in [2.75, 3.05) is 0 Å². The number of hydrogen-bond donors (Lipinski definition) is 0. The number of benzene rings is 10. The molecular formula is C70H64N2. The van der Waals surface area contributed by atoms with E-state index in [1.807, 2.05) is 12.1 Å². The SMILES string of the molecule is [2H]C([2H])([2H])c1cccc(C([2H])([2H])[2H])c1-c1cc2ccc3cc(-c4c5c6cc(C(C)(C)C)cc7c8cc(C(C)(C)C)ccc8n(c5cc5c8cc(C(C)(C)C)cc9c%10cc(C(C)(C)C)ccc%10n(c45)c98)c76)cc4ccc(c1)c2c34. The molecule has 0 amide bonds. The molecule has 0 saturated carbocycles. The van der Waals surface area contributed by atoms with Crippen molar-refractivity contribution in [1.29, 1.82) is 0 Å². The van der Waals surface area contributed by atoms with Gasteiger partial charge in [-0.1, -0.05) is 138 Å². The predicted octanol–water partition coefficient (Wildman–Crippen LogP) is 20.0. The average molecular weight is 939 g/mol. The van der Waals surface area contributed by atoms with Gasteiger partial charge in [-0.05, 0) is 197 Å². The van der Waals surface area contributed by atoms with Crippen LogP contribution in [0.5, 0.6) is 0 Å². The normalized spacial score (nSPS) is 15.3. The van der Waals surface area contributed by atoms with Crippen molar-refractivity contribution in [1.82, 2.24) is 8.80 Å². The van der Waals surface area contributed by atoms with Gasteiger partial charge in [-0.3, -0.25) is 0 Å². The summed E-state index contributed by atoms with van der Waals surface area (Å²) in [5, 5.41) is 16.3. The second-order valence-corrected chi connectivity index (χ2v) is 25.5. The van der Waals surface area contributed by atoms with Crippen LogP contribution in [0, 0.1) is 13.7 Å². The van der Waals surface area contributed by atoms with Crippen LogP contribution in [-0.2, 0) is 21.7 Å². The van der Waals surface area contributed by atoms with Crippen LogP contribution in [0.3, 0.4) is 0 Å². The highest BCUT2D eigenvalue weighted by Gasteiger charge is 2.31. The molecule has 4 aromatic heterocycles. The Morgan fingerprint density at radius 3 is 1.17 bits per heavy atom. The first-order valence-corrected chi connectivity index (χ1v) is 25.8. The molecule has 14 rings (SSSR count). The van der Waals surface area contributed by atoms with Gasteiger partial charge in [0.25, 0.3) is 0 Å². The lowest BCUT2D eigenvalue weighted by atomic mass is 9.83. The van der Waals surface area contributed by atoms with E-state index in [0.29, 0.717) is 5.56 Å². The molecule has 2 nitrogen and oxygen atoms in total. The van der Waals surface area contributed by atoms with Crippen LogP contribution in [0.25, 0.3) is 131 Å². The van der Waals surface area contributed by atoms with Gasteiger partial charge in [0.1, 0.15) is 0 Å². The number of aromatic nitrogens is 2. The Bertz CT molecular complexity index is 4790. The summed E-state index contributed by atoms with van der Waals surface area (Å²) in [4.78, 5) is 0. The Morgan fingerprint density at radius 2 is 0.708 bits per heavy atom. The van der Waals surface area contributed by atoms with Gasteiger partial charge in [0, 0.05) is 56.9 Å². The summed E-state index contributed by atoms with van der Waals surface area (Å²) in [6, 6.07) is 48.8. The van der Waals surface area contributed by atoms with Crippen molar-refractivity contribution in [3.05, 3.63) is 167 Å². The van der Waals surface area contributed by atoms with Crippen LogP contribution in [0.1, 0.15) is 125 Å². The molecule has 0 N–H and O–H groups in total. The summed E-state index contributed by atoms with van der Waals surface area (Å²) in [5.41, 5.74) is 15.5. The molecule has 14 aromatic rings. The molecule has 0 aliphatic heterocycles. The summed E-state index contributed by atoms with van der Waals surface area (Å²) in [6.07, 6.45) is 0. The maximum atomic E-state index is 8.49. The first kappa shape index (κ1) is 37.6. The van der Waals surface area contributed by atoms with E-state index in [4.69, 9.17) is 8.22 Å². The van der Waals surface area contributed by atoms with Crippen molar-refractivity contribution in [2.24, 2.45) is 0 Å². The number of nitrogens with zero attached hydrogens (tertiary/aromatic N) is 2. The number of fused-ring (bicyclic) bond motifs is 12. The molecule has 0 saturated heterocycles. The minimum atomic E-state index is -2.51. The van der Waals surface area contributed by atoms with E-state index in [0.717, 1.165) is 37.9 Å². The third kappa shape index (κ3) is 5.84. The third-order valence-corrected chi connectivity index (χ3v) is 16.7. The first-order valence-electron chi connectivity index (χ1n) is 28.8. The van der Waals surface area contributed by atoms with E-state index in [-0.39, 0.29) is 38.4 Å². The highest BCUT2D eigenvalue weighted by Crippen LogP contribution is 2.53. The lowest BCUT2D eigenvalue weighted by molar-refractivity contribution is 0.590. The Labute approximate surface area is 431 Å². The lowest BCUT2D eigenvalue weighted by Gasteiger charge is -2.21. The van der Waals surface area contributed by atoms with Gasteiger partial charge in [-0.2, -0.15) is 0 Å². The molecule has 0 radical (unpaired) electrons. The van der Waals surface area contributed by atoms with E-state index < -0.39 is 13.7 Å². The summed E-state index contributed by atoms with van der Waals surface area (Å²) in [6.45, 7) is 22.8. The van der Waals surface area contributed by atoms with E-state index in [9.17, 15) is 0 Å². The highest BCUT2D eigenvalue weighted by molar-refractivity contribution is 6.35. The van der Waals surface area contributed by atoms with Crippen molar-refractivity contribution in [2.45, 2.75) is 118 Å². The zero-order valence-corrected chi connectivity index (χ0v) is 43.6. The lowest BCUT2D eigenvalue weighted by Crippen LogP contribution is -2.11. The monoisotopic (exact) mass is 939 g/mol. The fourth-order valence-electron chi connectivity index (χ4n) is 12.8. The number of aryl methyl sites for hydroxylation is 2. The maximum Gasteiger partial charge on any atom is 0.0627 e. The number of rotatable bonds is 2. The van der Waals surface area contributed by atoms with Crippen molar-refractivity contribution >= 4 is 109 Å². The number of hydrogen-bond acceptors (Lipinski definition) is 0. The van der Waals surface area contributed by atoms with Crippen LogP contribution >= 0.6 is 0 Å². The molecule has 354 valence electrons. The third-order valence-electron chi connectivity index (χ3n) is 16.7. The van der Waals surface area contributed by atoms with Gasteiger partial charge in [0.05, 0.1) is 33.1 Å². The van der Waals surface area contributed by atoms with Gasteiger partial charge in [0.15, 0.2) is 0 Å². The molecule has 0 atom stereocenters. The van der Waals surface area contributed by atoms with Crippen molar-refractivity contribution in [3.63, 3.8) is 0 Å². The minimum Gasteiger partial charge on any atom is -0.308 e. The fraction of sp³-hybridized carbons (Fsp3) is 0.257. The van der Waals surface area contributed by atoms with Crippen LogP contribution in [-0.4, -0.2) is 8.80 Å². The molecule has 4 heterocycles. The Kier molecular flexibility index (Phi) is 7.24. The van der Waals surface area contributed by atoms with Crippen LogP contribution in [0.2, 0.25) is 0 Å². The fourth-order valence-corrected chi connectivity index (χ4v) is 12.8. The van der Waals surface area contributed by atoms with Gasteiger partial charge in [0.2, 0.25) is 0 Å². The van der Waals surface area contributed by atoms with Gasteiger partial charge < -0.3 is 8.80 Å². The molecule has 0 spiro atoms. The van der Waals surface area contributed by atoms with Crippen LogP contribution in [0.4, 0.5) is 0 Å². The zero-order valence-electron chi connectivity index (χ0n) is 49.6.